The minimum atomic E-state index is -0.165. The zero-order valence-corrected chi connectivity index (χ0v) is 11.7. The topological polar surface area (TPSA) is 40.5 Å². The summed E-state index contributed by atoms with van der Waals surface area (Å²) in [5.41, 5.74) is 0. The van der Waals surface area contributed by atoms with Crippen LogP contribution in [-0.4, -0.2) is 35.6 Å². The van der Waals surface area contributed by atoms with Gasteiger partial charge in [-0.25, -0.2) is 0 Å². The van der Waals surface area contributed by atoms with E-state index < -0.39 is 0 Å². The molecule has 1 aromatic rings. The van der Waals surface area contributed by atoms with Gasteiger partial charge in [0.1, 0.15) is 0 Å². The van der Waals surface area contributed by atoms with Crippen molar-refractivity contribution in [1.82, 2.24) is 4.90 Å². The second-order valence-electron chi connectivity index (χ2n) is 4.69. The lowest BCUT2D eigenvalue weighted by atomic mass is 9.82. The number of halogens is 1. The van der Waals surface area contributed by atoms with Crippen LogP contribution in [0.4, 0.5) is 0 Å². The molecule has 1 heterocycles. The van der Waals surface area contributed by atoms with Crippen LogP contribution in [0.25, 0.3) is 6.08 Å². The molecule has 2 rings (SSSR count). The van der Waals surface area contributed by atoms with Gasteiger partial charge < -0.3 is 10.0 Å². The van der Waals surface area contributed by atoms with Gasteiger partial charge in [0.05, 0.1) is 10.4 Å². The van der Waals surface area contributed by atoms with Gasteiger partial charge >= 0.3 is 0 Å². The Morgan fingerprint density at radius 3 is 2.89 bits per heavy atom. The predicted molar refractivity (Wildman–Crippen MR) is 74.7 cm³/mol. The second kappa shape index (κ2) is 5.87. The van der Waals surface area contributed by atoms with Crippen molar-refractivity contribution in [3.8, 4) is 0 Å². The fourth-order valence-corrected chi connectivity index (χ4v) is 2.99. The van der Waals surface area contributed by atoms with E-state index in [2.05, 4.69) is 0 Å². The SMILES string of the molecule is CN(CC1CC(O)C1)C(=O)C=Cc1ccc(Cl)s1. The van der Waals surface area contributed by atoms with Gasteiger partial charge in [0, 0.05) is 24.5 Å². The van der Waals surface area contributed by atoms with E-state index in [0.717, 1.165) is 22.1 Å². The second-order valence-corrected chi connectivity index (χ2v) is 6.43. The molecule has 1 aliphatic rings. The molecule has 1 fully saturated rings. The van der Waals surface area contributed by atoms with Gasteiger partial charge in [-0.1, -0.05) is 11.6 Å². The van der Waals surface area contributed by atoms with Crippen molar-refractivity contribution in [2.45, 2.75) is 18.9 Å². The van der Waals surface area contributed by atoms with E-state index >= 15 is 0 Å². The van der Waals surface area contributed by atoms with Crippen LogP contribution in [0.15, 0.2) is 18.2 Å². The molecule has 1 amide bonds. The molecule has 0 atom stereocenters. The molecular weight excluding hydrogens is 270 g/mol. The van der Waals surface area contributed by atoms with Gasteiger partial charge in [-0.15, -0.1) is 11.3 Å². The fraction of sp³-hybridized carbons (Fsp3) is 0.462. The van der Waals surface area contributed by atoms with Crippen LogP contribution in [0.1, 0.15) is 17.7 Å². The van der Waals surface area contributed by atoms with Crippen LogP contribution < -0.4 is 0 Å². The number of hydrogen-bond donors (Lipinski definition) is 1. The standard InChI is InChI=1S/C13H16ClNO2S/c1-15(8-9-6-10(16)7-9)13(17)5-3-11-2-4-12(14)18-11/h2-5,9-10,16H,6-8H2,1H3. The summed E-state index contributed by atoms with van der Waals surface area (Å²) in [6, 6.07) is 3.70. The first-order valence-corrected chi connectivity index (χ1v) is 7.10. The smallest absolute Gasteiger partial charge is 0.246 e. The third kappa shape index (κ3) is 3.57. The number of carbonyl (C=O) groups excluding carboxylic acids is 1. The summed E-state index contributed by atoms with van der Waals surface area (Å²) in [5, 5.41) is 9.20. The van der Waals surface area contributed by atoms with Crippen LogP contribution in [-0.2, 0) is 4.79 Å². The molecule has 1 aromatic heterocycles. The Morgan fingerprint density at radius 2 is 2.33 bits per heavy atom. The highest BCUT2D eigenvalue weighted by Gasteiger charge is 2.28. The highest BCUT2D eigenvalue weighted by molar-refractivity contribution is 7.17. The average Bonchev–Trinajstić information content (AvgIpc) is 2.69. The van der Waals surface area contributed by atoms with Crippen LogP contribution in [0, 0.1) is 5.92 Å². The normalized spacial score (nSPS) is 23.1. The van der Waals surface area contributed by atoms with E-state index in [9.17, 15) is 9.90 Å². The summed E-state index contributed by atoms with van der Waals surface area (Å²) in [6.45, 7) is 0.714. The van der Waals surface area contributed by atoms with E-state index in [1.165, 1.54) is 11.3 Å². The van der Waals surface area contributed by atoms with E-state index in [1.54, 1.807) is 24.1 Å². The monoisotopic (exact) mass is 285 g/mol. The number of carbonyl (C=O) groups is 1. The quantitative estimate of drug-likeness (QED) is 0.864. The fourth-order valence-electron chi connectivity index (χ4n) is 2.03. The van der Waals surface area contributed by atoms with Crippen molar-refractivity contribution < 1.29 is 9.90 Å². The first-order valence-electron chi connectivity index (χ1n) is 5.91. The van der Waals surface area contributed by atoms with Crippen LogP contribution in [0.5, 0.6) is 0 Å². The highest BCUT2D eigenvalue weighted by atomic mass is 35.5. The third-order valence-corrected chi connectivity index (χ3v) is 4.30. The Morgan fingerprint density at radius 1 is 1.61 bits per heavy atom. The summed E-state index contributed by atoms with van der Waals surface area (Å²) >= 11 is 7.26. The molecule has 98 valence electrons. The maximum Gasteiger partial charge on any atom is 0.246 e. The predicted octanol–water partition coefficient (Wildman–Crippen LogP) is 2.64. The van der Waals surface area contributed by atoms with Crippen molar-refractivity contribution >= 4 is 34.9 Å². The molecule has 5 heteroatoms. The lowest BCUT2D eigenvalue weighted by Crippen LogP contribution is -2.38. The highest BCUT2D eigenvalue weighted by Crippen LogP contribution is 2.27. The van der Waals surface area contributed by atoms with Gasteiger partial charge in [-0.3, -0.25) is 4.79 Å². The lowest BCUT2D eigenvalue weighted by molar-refractivity contribution is -0.126. The third-order valence-electron chi connectivity index (χ3n) is 3.10. The molecule has 0 unspecified atom stereocenters. The van der Waals surface area contributed by atoms with Gasteiger partial charge in [0.25, 0.3) is 0 Å². The maximum atomic E-state index is 11.8. The van der Waals surface area contributed by atoms with Crippen molar-refractivity contribution in [3.63, 3.8) is 0 Å². The number of aliphatic hydroxyl groups excluding tert-OH is 1. The van der Waals surface area contributed by atoms with Crippen LogP contribution in [0.2, 0.25) is 4.34 Å². The van der Waals surface area contributed by atoms with Gasteiger partial charge in [0.15, 0.2) is 0 Å². The van der Waals surface area contributed by atoms with Crippen molar-refractivity contribution in [1.29, 1.82) is 0 Å². The molecule has 1 saturated carbocycles. The average molecular weight is 286 g/mol. The molecule has 0 spiro atoms. The van der Waals surface area contributed by atoms with Crippen LogP contribution in [0.3, 0.4) is 0 Å². The largest absolute Gasteiger partial charge is 0.393 e. The van der Waals surface area contributed by atoms with Crippen molar-refractivity contribution in [2.75, 3.05) is 13.6 Å². The zero-order valence-electron chi connectivity index (χ0n) is 10.2. The minimum Gasteiger partial charge on any atom is -0.393 e. The number of nitrogens with zero attached hydrogens (tertiary/aromatic N) is 1. The minimum absolute atomic E-state index is 0.0130. The van der Waals surface area contributed by atoms with Crippen molar-refractivity contribution in [3.05, 3.63) is 27.4 Å². The maximum absolute atomic E-state index is 11.8. The number of likely N-dealkylation sites (N-methyl/N-ethyl adjacent to an activating group) is 1. The van der Waals surface area contributed by atoms with E-state index in [-0.39, 0.29) is 12.0 Å². The van der Waals surface area contributed by atoms with Gasteiger partial charge in [-0.05, 0) is 37.0 Å². The van der Waals surface area contributed by atoms with Gasteiger partial charge in [-0.2, -0.15) is 0 Å². The Hall–Kier alpha value is -0.840. The molecule has 0 aromatic carbocycles. The Labute approximate surface area is 116 Å². The summed E-state index contributed by atoms with van der Waals surface area (Å²) < 4.78 is 0.721. The van der Waals surface area contributed by atoms with E-state index in [4.69, 9.17) is 11.6 Å². The number of hydrogen-bond acceptors (Lipinski definition) is 3. The first kappa shape index (κ1) is 13.6. The summed E-state index contributed by atoms with van der Waals surface area (Å²) in [6.07, 6.45) is 4.80. The number of aliphatic hydroxyl groups is 1. The Bertz CT molecular complexity index is 452. The molecule has 0 radical (unpaired) electrons. The molecule has 18 heavy (non-hydrogen) atoms. The lowest BCUT2D eigenvalue weighted by Gasteiger charge is -2.34. The zero-order chi connectivity index (χ0) is 13.1. The van der Waals surface area contributed by atoms with Gasteiger partial charge in [0.2, 0.25) is 5.91 Å². The molecule has 1 N–H and O–H groups in total. The molecule has 0 bridgehead atoms. The van der Waals surface area contributed by atoms with E-state index in [1.807, 2.05) is 12.1 Å². The van der Waals surface area contributed by atoms with Crippen molar-refractivity contribution in [2.24, 2.45) is 5.92 Å². The number of rotatable bonds is 4. The summed E-state index contributed by atoms with van der Waals surface area (Å²) in [7, 11) is 1.79. The number of amides is 1. The van der Waals surface area contributed by atoms with E-state index in [0.29, 0.717) is 12.5 Å². The Balaban J connectivity index is 1.81. The molecular formula is C13H16ClNO2S. The summed E-state index contributed by atoms with van der Waals surface area (Å²) in [5.74, 6) is 0.430. The Kier molecular flexibility index (Phi) is 4.43. The number of thiophene rings is 1. The summed E-state index contributed by atoms with van der Waals surface area (Å²) in [4.78, 5) is 14.5. The molecule has 0 aliphatic heterocycles. The molecule has 3 nitrogen and oxygen atoms in total. The molecule has 1 aliphatic carbocycles. The van der Waals surface area contributed by atoms with Crippen LogP contribution >= 0.6 is 22.9 Å². The first-order chi connectivity index (χ1) is 8.54. The molecule has 0 saturated heterocycles.